The Morgan fingerprint density at radius 3 is 2.71 bits per heavy atom. The number of carbonyl (C=O) groups is 2. The number of amides is 2. The Bertz CT molecular complexity index is 557. The molecule has 6 heteroatoms. The van der Waals surface area contributed by atoms with Crippen LogP contribution in [0.1, 0.15) is 25.8 Å². The number of carbonyl (C=O) groups excluding carboxylic acids is 2. The molecule has 1 atom stereocenters. The third kappa shape index (κ3) is 5.23. The van der Waals surface area contributed by atoms with Crippen LogP contribution < -0.4 is 15.4 Å². The van der Waals surface area contributed by atoms with Gasteiger partial charge >= 0.3 is 0 Å². The molecule has 0 bridgehead atoms. The van der Waals surface area contributed by atoms with E-state index in [0.29, 0.717) is 19.0 Å². The van der Waals surface area contributed by atoms with Gasteiger partial charge in [0, 0.05) is 26.2 Å². The second kappa shape index (κ2) is 8.68. The van der Waals surface area contributed by atoms with Crippen molar-refractivity contribution in [1.29, 1.82) is 0 Å². The molecule has 0 radical (unpaired) electrons. The molecule has 2 N–H and O–H groups in total. The number of piperazine rings is 1. The summed E-state index contributed by atoms with van der Waals surface area (Å²) in [7, 11) is 1.62. The quantitative estimate of drug-likeness (QED) is 0.785. The fraction of sp³-hybridized carbons (Fsp3) is 0.556. The van der Waals surface area contributed by atoms with E-state index in [0.717, 1.165) is 24.4 Å². The number of hydrogen-bond acceptors (Lipinski definition) is 4. The van der Waals surface area contributed by atoms with Gasteiger partial charge in [-0.3, -0.25) is 14.5 Å². The van der Waals surface area contributed by atoms with Gasteiger partial charge < -0.3 is 15.4 Å². The van der Waals surface area contributed by atoms with E-state index < -0.39 is 0 Å². The first-order valence-electron chi connectivity index (χ1n) is 8.41. The normalized spacial score (nSPS) is 18.3. The van der Waals surface area contributed by atoms with Crippen LogP contribution in [0, 0.1) is 5.92 Å². The van der Waals surface area contributed by atoms with E-state index in [9.17, 15) is 9.59 Å². The summed E-state index contributed by atoms with van der Waals surface area (Å²) >= 11 is 0. The smallest absolute Gasteiger partial charge is 0.237 e. The van der Waals surface area contributed by atoms with Gasteiger partial charge in [0.05, 0.1) is 19.6 Å². The Labute approximate surface area is 143 Å². The number of ether oxygens (including phenoxy) is 1. The van der Waals surface area contributed by atoms with Crippen molar-refractivity contribution in [2.75, 3.05) is 26.7 Å². The molecule has 2 amide bonds. The molecular formula is C18H27N3O3. The van der Waals surface area contributed by atoms with Crippen LogP contribution in [0.15, 0.2) is 24.3 Å². The fourth-order valence-corrected chi connectivity index (χ4v) is 2.86. The molecule has 1 heterocycles. The molecule has 132 valence electrons. The highest BCUT2D eigenvalue weighted by Crippen LogP contribution is 2.13. The Kier molecular flexibility index (Phi) is 6.61. The SMILES string of the molecule is COc1ccc(CNC(=O)C[C@@H]2C(=O)NCCN2CC(C)C)cc1. The zero-order valence-corrected chi connectivity index (χ0v) is 14.7. The molecule has 24 heavy (non-hydrogen) atoms. The van der Waals surface area contributed by atoms with Crippen LogP contribution in [0.5, 0.6) is 5.75 Å². The van der Waals surface area contributed by atoms with E-state index in [-0.39, 0.29) is 24.3 Å². The number of rotatable bonds is 7. The number of nitrogens with one attached hydrogen (secondary N) is 2. The molecule has 2 rings (SSSR count). The maximum absolute atomic E-state index is 12.2. The van der Waals surface area contributed by atoms with Crippen molar-refractivity contribution >= 4 is 11.8 Å². The second-order valence-electron chi connectivity index (χ2n) is 6.52. The molecule has 1 aromatic rings. The maximum Gasteiger partial charge on any atom is 0.237 e. The van der Waals surface area contributed by atoms with E-state index in [1.807, 2.05) is 24.3 Å². The van der Waals surface area contributed by atoms with Gasteiger partial charge in [-0.25, -0.2) is 0 Å². The molecule has 1 aromatic carbocycles. The highest BCUT2D eigenvalue weighted by Gasteiger charge is 2.31. The lowest BCUT2D eigenvalue weighted by molar-refractivity contribution is -0.134. The van der Waals surface area contributed by atoms with Crippen molar-refractivity contribution in [3.05, 3.63) is 29.8 Å². The lowest BCUT2D eigenvalue weighted by Gasteiger charge is -2.35. The van der Waals surface area contributed by atoms with Gasteiger partial charge in [0.25, 0.3) is 0 Å². The van der Waals surface area contributed by atoms with Crippen molar-refractivity contribution in [3.8, 4) is 5.75 Å². The molecule has 0 aromatic heterocycles. The van der Waals surface area contributed by atoms with Crippen molar-refractivity contribution in [2.24, 2.45) is 5.92 Å². The third-order valence-electron chi connectivity index (χ3n) is 4.07. The maximum atomic E-state index is 12.2. The zero-order chi connectivity index (χ0) is 17.5. The van der Waals surface area contributed by atoms with Crippen LogP contribution >= 0.6 is 0 Å². The Morgan fingerprint density at radius 1 is 1.38 bits per heavy atom. The summed E-state index contributed by atoms with van der Waals surface area (Å²) in [6.45, 7) is 6.95. The Morgan fingerprint density at radius 2 is 2.08 bits per heavy atom. The largest absolute Gasteiger partial charge is 0.497 e. The lowest BCUT2D eigenvalue weighted by atomic mass is 10.1. The van der Waals surface area contributed by atoms with Crippen LogP contribution in [0.2, 0.25) is 0 Å². The number of nitrogens with zero attached hydrogens (tertiary/aromatic N) is 1. The summed E-state index contributed by atoms with van der Waals surface area (Å²) in [6.07, 6.45) is 0.189. The average molecular weight is 333 g/mol. The van der Waals surface area contributed by atoms with E-state index in [4.69, 9.17) is 4.74 Å². The minimum atomic E-state index is -0.378. The number of hydrogen-bond donors (Lipinski definition) is 2. The minimum Gasteiger partial charge on any atom is -0.497 e. The highest BCUT2D eigenvalue weighted by atomic mass is 16.5. The molecule has 0 spiro atoms. The number of methoxy groups -OCH3 is 1. The first-order chi connectivity index (χ1) is 11.5. The highest BCUT2D eigenvalue weighted by molar-refractivity contribution is 5.88. The predicted molar refractivity (Wildman–Crippen MR) is 92.7 cm³/mol. The van der Waals surface area contributed by atoms with Crippen molar-refractivity contribution in [3.63, 3.8) is 0 Å². The van der Waals surface area contributed by atoms with Gasteiger partial charge in [0.1, 0.15) is 5.75 Å². The van der Waals surface area contributed by atoms with Gasteiger partial charge in [-0.15, -0.1) is 0 Å². The van der Waals surface area contributed by atoms with Crippen molar-refractivity contribution < 1.29 is 14.3 Å². The molecule has 1 aliphatic heterocycles. The average Bonchev–Trinajstić information content (AvgIpc) is 2.56. The van der Waals surface area contributed by atoms with E-state index in [1.165, 1.54) is 0 Å². The van der Waals surface area contributed by atoms with Crippen LogP contribution in [0.4, 0.5) is 0 Å². The molecule has 6 nitrogen and oxygen atoms in total. The second-order valence-corrected chi connectivity index (χ2v) is 6.52. The number of benzene rings is 1. The van der Waals surface area contributed by atoms with Gasteiger partial charge in [-0.05, 0) is 23.6 Å². The fourth-order valence-electron chi connectivity index (χ4n) is 2.86. The third-order valence-corrected chi connectivity index (χ3v) is 4.07. The van der Waals surface area contributed by atoms with Crippen LogP contribution in [-0.2, 0) is 16.1 Å². The first kappa shape index (κ1) is 18.3. The van der Waals surface area contributed by atoms with Gasteiger partial charge in [0.15, 0.2) is 0 Å². The molecule has 1 saturated heterocycles. The van der Waals surface area contributed by atoms with E-state index >= 15 is 0 Å². The first-order valence-corrected chi connectivity index (χ1v) is 8.41. The lowest BCUT2D eigenvalue weighted by Crippen LogP contribution is -2.57. The summed E-state index contributed by atoms with van der Waals surface area (Å²) in [5.41, 5.74) is 0.997. The van der Waals surface area contributed by atoms with Crippen molar-refractivity contribution in [2.45, 2.75) is 32.9 Å². The Hall–Kier alpha value is -2.08. The standard InChI is InChI=1S/C18H27N3O3/c1-13(2)12-21-9-8-19-18(23)16(21)10-17(22)20-11-14-4-6-15(24-3)7-5-14/h4-7,13,16H,8-12H2,1-3H3,(H,19,23)(H,20,22)/t16-/m1/s1. The van der Waals surface area contributed by atoms with Crippen molar-refractivity contribution in [1.82, 2.24) is 15.5 Å². The van der Waals surface area contributed by atoms with E-state index in [1.54, 1.807) is 7.11 Å². The molecular weight excluding hydrogens is 306 g/mol. The summed E-state index contributed by atoms with van der Waals surface area (Å²) < 4.78 is 5.11. The van der Waals surface area contributed by atoms with Gasteiger partial charge in [-0.1, -0.05) is 26.0 Å². The zero-order valence-electron chi connectivity index (χ0n) is 14.7. The minimum absolute atomic E-state index is 0.0542. The van der Waals surface area contributed by atoms with Crippen LogP contribution in [0.25, 0.3) is 0 Å². The van der Waals surface area contributed by atoms with Gasteiger partial charge in [-0.2, -0.15) is 0 Å². The van der Waals surface area contributed by atoms with Gasteiger partial charge in [0.2, 0.25) is 11.8 Å². The molecule has 0 aliphatic carbocycles. The molecule has 0 saturated carbocycles. The summed E-state index contributed by atoms with van der Waals surface area (Å²) in [5, 5.41) is 5.74. The molecule has 0 unspecified atom stereocenters. The monoisotopic (exact) mass is 333 g/mol. The predicted octanol–water partition coefficient (Wildman–Crippen LogP) is 1.16. The molecule has 1 aliphatic rings. The van der Waals surface area contributed by atoms with Crippen LogP contribution in [0.3, 0.4) is 0 Å². The Balaban J connectivity index is 1.87. The van der Waals surface area contributed by atoms with E-state index in [2.05, 4.69) is 29.4 Å². The summed E-state index contributed by atoms with van der Waals surface area (Å²) in [5.74, 6) is 1.08. The van der Waals surface area contributed by atoms with Crippen LogP contribution in [-0.4, -0.2) is 49.5 Å². The summed E-state index contributed by atoms with van der Waals surface area (Å²) in [4.78, 5) is 26.5. The molecule has 1 fully saturated rings. The topological polar surface area (TPSA) is 70.7 Å². The summed E-state index contributed by atoms with van der Waals surface area (Å²) in [6, 6.07) is 7.17.